The first-order chi connectivity index (χ1) is 9.45. The molecule has 0 N–H and O–H groups in total. The Morgan fingerprint density at radius 3 is 2.35 bits per heavy atom. The smallest absolute Gasteiger partial charge is 0.141 e. The van der Waals surface area contributed by atoms with Crippen LogP contribution in [0.1, 0.15) is 11.1 Å². The highest BCUT2D eigenvalue weighted by atomic mass is 35.5. The van der Waals surface area contributed by atoms with Gasteiger partial charge in [-0.25, -0.2) is 8.78 Å². The molecule has 0 atom stereocenters. The van der Waals surface area contributed by atoms with E-state index in [1.165, 1.54) is 6.07 Å². The van der Waals surface area contributed by atoms with Crippen LogP contribution in [-0.4, -0.2) is 5.78 Å². The van der Waals surface area contributed by atoms with Gasteiger partial charge in [0.2, 0.25) is 0 Å². The predicted octanol–water partition coefficient (Wildman–Crippen LogP) is 4.63. The third kappa shape index (κ3) is 3.78. The number of carbonyl (C=O) groups excluding carboxylic acids is 1. The number of rotatable bonds is 4. The van der Waals surface area contributed by atoms with E-state index >= 15 is 0 Å². The first-order valence-corrected chi connectivity index (χ1v) is 6.61. The third-order valence-electron chi connectivity index (χ3n) is 2.80. The van der Waals surface area contributed by atoms with Crippen molar-refractivity contribution in [2.24, 2.45) is 0 Å². The monoisotopic (exact) mass is 314 g/mol. The van der Waals surface area contributed by atoms with Gasteiger partial charge in [0.15, 0.2) is 0 Å². The average Bonchev–Trinajstić information content (AvgIpc) is 2.37. The van der Waals surface area contributed by atoms with Crippen molar-refractivity contribution in [3.8, 4) is 0 Å². The minimum atomic E-state index is -0.726. The van der Waals surface area contributed by atoms with Crippen molar-refractivity contribution in [3.05, 3.63) is 69.2 Å². The van der Waals surface area contributed by atoms with E-state index in [-0.39, 0.29) is 24.2 Å². The van der Waals surface area contributed by atoms with Crippen LogP contribution in [0, 0.1) is 11.6 Å². The zero-order chi connectivity index (χ0) is 14.7. The fourth-order valence-electron chi connectivity index (χ4n) is 1.83. The number of hydrogen-bond donors (Lipinski definition) is 0. The summed E-state index contributed by atoms with van der Waals surface area (Å²) < 4.78 is 26.2. The Labute approximate surface area is 125 Å². The van der Waals surface area contributed by atoms with Gasteiger partial charge in [0.05, 0.1) is 0 Å². The summed E-state index contributed by atoms with van der Waals surface area (Å²) in [5.74, 6) is -1.62. The standard InChI is InChI=1S/C15H10Cl2F2O/c16-11-2-4-14(17)10(5-11)7-13(20)6-9-1-3-12(18)8-15(9)19/h1-5,8H,6-7H2. The Kier molecular flexibility index (Phi) is 4.73. The van der Waals surface area contributed by atoms with E-state index in [4.69, 9.17) is 23.2 Å². The number of ketones is 1. The zero-order valence-electron chi connectivity index (χ0n) is 10.3. The Balaban J connectivity index is 2.11. The van der Waals surface area contributed by atoms with E-state index in [9.17, 15) is 13.6 Å². The Morgan fingerprint density at radius 1 is 0.950 bits per heavy atom. The zero-order valence-corrected chi connectivity index (χ0v) is 11.8. The normalized spacial score (nSPS) is 10.6. The van der Waals surface area contributed by atoms with Gasteiger partial charge in [0.25, 0.3) is 0 Å². The summed E-state index contributed by atoms with van der Waals surface area (Å²) in [6, 6.07) is 7.97. The molecule has 1 nitrogen and oxygen atoms in total. The first-order valence-electron chi connectivity index (χ1n) is 5.85. The van der Waals surface area contributed by atoms with Gasteiger partial charge in [-0.15, -0.1) is 0 Å². The van der Waals surface area contributed by atoms with E-state index in [2.05, 4.69) is 0 Å². The highest BCUT2D eigenvalue weighted by Crippen LogP contribution is 2.22. The molecule has 0 amide bonds. The second-order valence-electron chi connectivity index (χ2n) is 4.36. The lowest BCUT2D eigenvalue weighted by Crippen LogP contribution is -2.08. The van der Waals surface area contributed by atoms with Crippen LogP contribution < -0.4 is 0 Å². The van der Waals surface area contributed by atoms with Crippen molar-refractivity contribution in [1.29, 1.82) is 0 Å². The van der Waals surface area contributed by atoms with E-state index in [1.54, 1.807) is 18.2 Å². The van der Waals surface area contributed by atoms with Crippen LogP contribution in [0.2, 0.25) is 10.0 Å². The molecule has 0 bridgehead atoms. The predicted molar refractivity (Wildman–Crippen MR) is 75.2 cm³/mol. The van der Waals surface area contributed by atoms with Crippen LogP contribution in [0.15, 0.2) is 36.4 Å². The third-order valence-corrected chi connectivity index (χ3v) is 3.40. The molecule has 0 radical (unpaired) electrons. The minimum absolute atomic E-state index is 0.0518. The number of hydrogen-bond acceptors (Lipinski definition) is 1. The lowest BCUT2D eigenvalue weighted by atomic mass is 10.0. The molecule has 0 aliphatic heterocycles. The second kappa shape index (κ2) is 6.33. The Hall–Kier alpha value is -1.45. The van der Waals surface area contributed by atoms with Crippen LogP contribution in [0.4, 0.5) is 8.78 Å². The van der Waals surface area contributed by atoms with Crippen molar-refractivity contribution >= 4 is 29.0 Å². The maximum atomic E-state index is 13.5. The summed E-state index contributed by atoms with van der Waals surface area (Å²) in [4.78, 5) is 11.9. The van der Waals surface area contributed by atoms with Gasteiger partial charge in [0, 0.05) is 29.0 Å². The molecule has 0 unspecified atom stereocenters. The molecule has 104 valence electrons. The van der Waals surface area contributed by atoms with Crippen molar-refractivity contribution in [1.82, 2.24) is 0 Å². The van der Waals surface area contributed by atoms with Gasteiger partial charge in [-0.05, 0) is 35.4 Å². The molecule has 2 rings (SSSR count). The molecule has 2 aromatic rings. The number of halogens is 4. The van der Waals surface area contributed by atoms with Crippen LogP contribution in [0.25, 0.3) is 0 Å². The summed E-state index contributed by atoms with van der Waals surface area (Å²) in [7, 11) is 0. The maximum absolute atomic E-state index is 13.5. The summed E-state index contributed by atoms with van der Waals surface area (Å²) in [6.45, 7) is 0. The van der Waals surface area contributed by atoms with Crippen LogP contribution in [0.3, 0.4) is 0 Å². The molecule has 2 aromatic carbocycles. The topological polar surface area (TPSA) is 17.1 Å². The lowest BCUT2D eigenvalue weighted by Gasteiger charge is -2.06. The van der Waals surface area contributed by atoms with Crippen LogP contribution >= 0.6 is 23.2 Å². The van der Waals surface area contributed by atoms with Crippen molar-refractivity contribution in [3.63, 3.8) is 0 Å². The van der Waals surface area contributed by atoms with Gasteiger partial charge < -0.3 is 0 Å². The molecular weight excluding hydrogens is 305 g/mol. The minimum Gasteiger partial charge on any atom is -0.299 e. The first kappa shape index (κ1) is 14.9. The number of carbonyl (C=O) groups is 1. The summed E-state index contributed by atoms with van der Waals surface area (Å²) in [5.41, 5.74) is 0.751. The van der Waals surface area contributed by atoms with Gasteiger partial charge >= 0.3 is 0 Å². The molecule has 5 heteroatoms. The molecule has 0 spiro atoms. The van der Waals surface area contributed by atoms with Gasteiger partial charge in [0.1, 0.15) is 17.4 Å². The Bertz CT molecular complexity index is 656. The summed E-state index contributed by atoms with van der Waals surface area (Å²) in [6.07, 6.45) is -0.0643. The largest absolute Gasteiger partial charge is 0.299 e. The van der Waals surface area contributed by atoms with E-state index in [0.29, 0.717) is 15.6 Å². The van der Waals surface area contributed by atoms with Gasteiger partial charge in [-0.3, -0.25) is 4.79 Å². The lowest BCUT2D eigenvalue weighted by molar-refractivity contribution is -0.117. The maximum Gasteiger partial charge on any atom is 0.141 e. The quantitative estimate of drug-likeness (QED) is 0.804. The van der Waals surface area contributed by atoms with Crippen LogP contribution in [-0.2, 0) is 17.6 Å². The summed E-state index contributed by atoms with van der Waals surface area (Å²) >= 11 is 11.8. The molecule has 20 heavy (non-hydrogen) atoms. The highest BCUT2D eigenvalue weighted by Gasteiger charge is 2.12. The molecule has 0 aliphatic rings. The summed E-state index contributed by atoms with van der Waals surface area (Å²) in [5, 5.41) is 0.910. The molecule has 0 aliphatic carbocycles. The van der Waals surface area contributed by atoms with Crippen LogP contribution in [0.5, 0.6) is 0 Å². The fraction of sp³-hybridized carbons (Fsp3) is 0.133. The highest BCUT2D eigenvalue weighted by molar-refractivity contribution is 6.33. The van der Waals surface area contributed by atoms with E-state index in [1.807, 2.05) is 0 Å². The SMILES string of the molecule is O=C(Cc1ccc(F)cc1F)Cc1cc(Cl)ccc1Cl. The van der Waals surface area contributed by atoms with Crippen molar-refractivity contribution in [2.75, 3.05) is 0 Å². The molecule has 0 saturated heterocycles. The van der Waals surface area contributed by atoms with E-state index in [0.717, 1.165) is 12.1 Å². The average molecular weight is 315 g/mol. The fourth-order valence-corrected chi connectivity index (χ4v) is 2.21. The molecule has 0 heterocycles. The van der Waals surface area contributed by atoms with E-state index < -0.39 is 11.6 Å². The van der Waals surface area contributed by atoms with Crippen molar-refractivity contribution < 1.29 is 13.6 Å². The van der Waals surface area contributed by atoms with Gasteiger partial charge in [-0.1, -0.05) is 29.3 Å². The number of benzene rings is 2. The number of Topliss-reactive ketones (excluding diaryl/α,β-unsaturated/α-hetero) is 1. The molecule has 0 saturated carbocycles. The molecular formula is C15H10Cl2F2O. The van der Waals surface area contributed by atoms with Crippen molar-refractivity contribution in [2.45, 2.75) is 12.8 Å². The second-order valence-corrected chi connectivity index (χ2v) is 5.21. The molecule has 0 fully saturated rings. The Morgan fingerprint density at radius 2 is 1.65 bits per heavy atom. The molecule has 0 aromatic heterocycles. The van der Waals surface area contributed by atoms with Gasteiger partial charge in [-0.2, -0.15) is 0 Å².